The number of hydrogen-bond donors (Lipinski definition) is 1. The third-order valence-corrected chi connectivity index (χ3v) is 3.69. The van der Waals surface area contributed by atoms with Gasteiger partial charge >= 0.3 is 0 Å². The van der Waals surface area contributed by atoms with Gasteiger partial charge in [0, 0.05) is 6.54 Å². The molecular formula is C15H22N2O. The highest BCUT2D eigenvalue weighted by molar-refractivity contribution is 5.86. The van der Waals surface area contributed by atoms with E-state index in [1.807, 2.05) is 36.9 Å². The summed E-state index contributed by atoms with van der Waals surface area (Å²) in [5.41, 5.74) is 0.739. The lowest BCUT2D eigenvalue weighted by Crippen LogP contribution is -2.52. The zero-order valence-electron chi connectivity index (χ0n) is 11.4. The van der Waals surface area contributed by atoms with Crippen LogP contribution in [0.5, 0.6) is 0 Å². The van der Waals surface area contributed by atoms with Gasteiger partial charge in [-0.05, 0) is 39.3 Å². The van der Waals surface area contributed by atoms with Gasteiger partial charge < -0.3 is 10.2 Å². The summed E-state index contributed by atoms with van der Waals surface area (Å²) in [6, 6.07) is 10.4. The molecule has 1 aromatic carbocycles. The van der Waals surface area contributed by atoms with Gasteiger partial charge in [-0.3, -0.25) is 4.79 Å². The van der Waals surface area contributed by atoms with E-state index in [1.165, 1.54) is 5.56 Å². The van der Waals surface area contributed by atoms with Crippen molar-refractivity contribution in [3.05, 3.63) is 35.9 Å². The van der Waals surface area contributed by atoms with Crippen LogP contribution in [0.4, 0.5) is 0 Å². The SMILES string of the molecule is CC(c1ccccc1)N1CCCNC(C)(C)C1=O. The quantitative estimate of drug-likeness (QED) is 0.868. The fourth-order valence-corrected chi connectivity index (χ4v) is 2.47. The van der Waals surface area contributed by atoms with Crippen LogP contribution in [0.3, 0.4) is 0 Å². The molecule has 1 aliphatic rings. The second kappa shape index (κ2) is 5.11. The molecule has 0 saturated carbocycles. The van der Waals surface area contributed by atoms with Crippen LogP contribution >= 0.6 is 0 Å². The summed E-state index contributed by atoms with van der Waals surface area (Å²) in [6.45, 7) is 7.76. The van der Waals surface area contributed by atoms with E-state index in [0.29, 0.717) is 0 Å². The lowest BCUT2D eigenvalue weighted by Gasteiger charge is -2.33. The summed E-state index contributed by atoms with van der Waals surface area (Å²) in [5.74, 6) is 0.191. The van der Waals surface area contributed by atoms with Gasteiger partial charge in [0.05, 0.1) is 11.6 Å². The third-order valence-electron chi connectivity index (χ3n) is 3.69. The maximum atomic E-state index is 12.5. The predicted octanol–water partition coefficient (Wildman–Crippen LogP) is 2.35. The van der Waals surface area contributed by atoms with Crippen molar-refractivity contribution < 1.29 is 4.79 Å². The summed E-state index contributed by atoms with van der Waals surface area (Å²) in [7, 11) is 0. The van der Waals surface area contributed by atoms with E-state index in [9.17, 15) is 4.79 Å². The molecule has 1 fully saturated rings. The lowest BCUT2D eigenvalue weighted by molar-refractivity contribution is -0.138. The van der Waals surface area contributed by atoms with Crippen molar-refractivity contribution in [3.63, 3.8) is 0 Å². The van der Waals surface area contributed by atoms with E-state index in [4.69, 9.17) is 0 Å². The first-order chi connectivity index (χ1) is 8.52. The second-order valence-electron chi connectivity index (χ2n) is 5.49. The summed E-state index contributed by atoms with van der Waals surface area (Å²) < 4.78 is 0. The van der Waals surface area contributed by atoms with Crippen LogP contribution in [-0.4, -0.2) is 29.4 Å². The van der Waals surface area contributed by atoms with Gasteiger partial charge in [0.25, 0.3) is 0 Å². The summed E-state index contributed by atoms with van der Waals surface area (Å²) >= 11 is 0. The smallest absolute Gasteiger partial charge is 0.242 e. The fourth-order valence-electron chi connectivity index (χ4n) is 2.47. The number of nitrogens with zero attached hydrogens (tertiary/aromatic N) is 1. The minimum Gasteiger partial charge on any atom is -0.334 e. The highest BCUT2D eigenvalue weighted by atomic mass is 16.2. The molecule has 1 unspecified atom stereocenters. The van der Waals surface area contributed by atoms with Crippen LogP contribution < -0.4 is 5.32 Å². The van der Waals surface area contributed by atoms with Gasteiger partial charge in [0.15, 0.2) is 0 Å². The molecule has 0 aromatic heterocycles. The molecular weight excluding hydrogens is 224 g/mol. The van der Waals surface area contributed by atoms with E-state index >= 15 is 0 Å². The molecule has 1 atom stereocenters. The van der Waals surface area contributed by atoms with Crippen molar-refractivity contribution in [3.8, 4) is 0 Å². The molecule has 1 aliphatic heterocycles. The highest BCUT2D eigenvalue weighted by Crippen LogP contribution is 2.24. The van der Waals surface area contributed by atoms with Crippen LogP contribution in [0.25, 0.3) is 0 Å². The Hall–Kier alpha value is -1.35. The van der Waals surface area contributed by atoms with Gasteiger partial charge in [-0.25, -0.2) is 0 Å². The Morgan fingerprint density at radius 3 is 2.61 bits per heavy atom. The fraction of sp³-hybridized carbons (Fsp3) is 0.533. The Morgan fingerprint density at radius 2 is 1.94 bits per heavy atom. The number of carbonyl (C=O) groups is 1. The normalized spacial score (nSPS) is 21.5. The number of benzene rings is 1. The van der Waals surface area contributed by atoms with Crippen LogP contribution in [0, 0.1) is 0 Å². The molecule has 0 radical (unpaired) electrons. The van der Waals surface area contributed by atoms with Crippen LogP contribution in [0.1, 0.15) is 38.8 Å². The highest BCUT2D eigenvalue weighted by Gasteiger charge is 2.35. The van der Waals surface area contributed by atoms with Crippen LogP contribution in [0.2, 0.25) is 0 Å². The van der Waals surface area contributed by atoms with Gasteiger partial charge in [-0.15, -0.1) is 0 Å². The van der Waals surface area contributed by atoms with Gasteiger partial charge in [0.1, 0.15) is 0 Å². The molecule has 0 spiro atoms. The predicted molar refractivity (Wildman–Crippen MR) is 73.3 cm³/mol. The van der Waals surface area contributed by atoms with Crippen LogP contribution in [0.15, 0.2) is 30.3 Å². The maximum absolute atomic E-state index is 12.5. The zero-order chi connectivity index (χ0) is 13.2. The van der Waals surface area contributed by atoms with Crippen molar-refractivity contribution in [2.24, 2.45) is 0 Å². The van der Waals surface area contributed by atoms with Crippen molar-refractivity contribution in [2.45, 2.75) is 38.8 Å². The first-order valence-electron chi connectivity index (χ1n) is 6.63. The molecule has 2 rings (SSSR count). The van der Waals surface area contributed by atoms with Gasteiger partial charge in [0.2, 0.25) is 5.91 Å². The number of amides is 1. The van der Waals surface area contributed by atoms with Gasteiger partial charge in [-0.2, -0.15) is 0 Å². The average Bonchev–Trinajstić information content (AvgIpc) is 2.50. The van der Waals surface area contributed by atoms with Crippen molar-refractivity contribution >= 4 is 5.91 Å². The Labute approximate surface area is 109 Å². The molecule has 3 heteroatoms. The number of rotatable bonds is 2. The largest absolute Gasteiger partial charge is 0.334 e. The number of nitrogens with one attached hydrogen (secondary N) is 1. The zero-order valence-corrected chi connectivity index (χ0v) is 11.4. The molecule has 1 saturated heterocycles. The summed E-state index contributed by atoms with van der Waals surface area (Å²) in [5, 5.41) is 3.32. The Morgan fingerprint density at radius 1 is 1.28 bits per heavy atom. The summed E-state index contributed by atoms with van der Waals surface area (Å²) in [6.07, 6.45) is 1.01. The number of carbonyl (C=O) groups excluding carboxylic acids is 1. The number of hydrogen-bond acceptors (Lipinski definition) is 2. The van der Waals surface area contributed by atoms with Crippen molar-refractivity contribution in [1.29, 1.82) is 0 Å². The molecule has 1 N–H and O–H groups in total. The second-order valence-corrected chi connectivity index (χ2v) is 5.49. The molecule has 3 nitrogen and oxygen atoms in total. The Kier molecular flexibility index (Phi) is 3.71. The molecule has 1 amide bonds. The molecule has 0 bridgehead atoms. The first-order valence-corrected chi connectivity index (χ1v) is 6.63. The van der Waals surface area contributed by atoms with E-state index < -0.39 is 5.54 Å². The van der Waals surface area contributed by atoms with E-state index in [2.05, 4.69) is 24.4 Å². The minimum absolute atomic E-state index is 0.137. The minimum atomic E-state index is -0.459. The molecule has 98 valence electrons. The van der Waals surface area contributed by atoms with E-state index in [1.54, 1.807) is 0 Å². The van der Waals surface area contributed by atoms with Crippen molar-refractivity contribution in [2.75, 3.05) is 13.1 Å². The summed E-state index contributed by atoms with van der Waals surface area (Å²) in [4.78, 5) is 14.5. The molecule has 18 heavy (non-hydrogen) atoms. The monoisotopic (exact) mass is 246 g/mol. The molecule has 1 heterocycles. The lowest BCUT2D eigenvalue weighted by atomic mass is 10.0. The standard InChI is InChI=1S/C15H22N2O/c1-12(13-8-5-4-6-9-13)17-11-7-10-16-15(2,3)14(17)18/h4-6,8-9,12,16H,7,10-11H2,1-3H3. The van der Waals surface area contributed by atoms with Gasteiger partial charge in [-0.1, -0.05) is 30.3 Å². The third kappa shape index (κ3) is 2.56. The molecule has 0 aliphatic carbocycles. The topological polar surface area (TPSA) is 32.3 Å². The molecule has 1 aromatic rings. The van der Waals surface area contributed by atoms with Crippen molar-refractivity contribution in [1.82, 2.24) is 10.2 Å². The Balaban J connectivity index is 2.23. The average molecular weight is 246 g/mol. The Bertz CT molecular complexity index is 414. The van der Waals surface area contributed by atoms with Crippen LogP contribution in [-0.2, 0) is 4.79 Å². The van der Waals surface area contributed by atoms with E-state index in [0.717, 1.165) is 19.5 Å². The van der Waals surface area contributed by atoms with E-state index in [-0.39, 0.29) is 11.9 Å². The maximum Gasteiger partial charge on any atom is 0.242 e. The first kappa shape index (κ1) is 13.1.